The fourth-order valence-electron chi connectivity index (χ4n) is 3.38. The van der Waals surface area contributed by atoms with Crippen molar-refractivity contribution in [3.05, 3.63) is 89.0 Å². The van der Waals surface area contributed by atoms with Crippen molar-refractivity contribution in [1.29, 1.82) is 0 Å². The number of hydrogen-bond acceptors (Lipinski definition) is 0. The van der Waals surface area contributed by atoms with Gasteiger partial charge in [0.1, 0.15) is 0 Å². The van der Waals surface area contributed by atoms with Crippen LogP contribution >= 0.6 is 0 Å². The molecule has 3 aromatic rings. The van der Waals surface area contributed by atoms with Crippen LogP contribution in [0.15, 0.2) is 66.7 Å². The molecule has 3 aromatic carbocycles. The summed E-state index contributed by atoms with van der Waals surface area (Å²) in [5.74, 6) is 0. The predicted octanol–water partition coefficient (Wildman–Crippen LogP) is 0.0230. The van der Waals surface area contributed by atoms with Crippen LogP contribution in [-0.2, 0) is 24.7 Å². The van der Waals surface area contributed by atoms with Gasteiger partial charge in [0.05, 0.1) is 0 Å². The van der Waals surface area contributed by atoms with E-state index in [1.54, 1.807) is 24.7 Å². The fourth-order valence-corrected chi connectivity index (χ4v) is 4.26. The molecule has 0 N–H and O–H groups in total. The van der Waals surface area contributed by atoms with Crippen molar-refractivity contribution < 1.29 is 49.5 Å². The van der Waals surface area contributed by atoms with Gasteiger partial charge in [-0.15, -0.1) is 0 Å². The average Bonchev–Trinajstić information content (AvgIpc) is 3.12. The van der Waals surface area contributed by atoms with Gasteiger partial charge in [-0.2, -0.15) is 0 Å². The first-order valence-electron chi connectivity index (χ1n) is 7.93. The Morgan fingerprint density at radius 2 is 1.48 bits per heavy atom. The summed E-state index contributed by atoms with van der Waals surface area (Å²) in [6.45, 7) is 2.18. The first kappa shape index (κ1) is 20.2. The van der Waals surface area contributed by atoms with E-state index in [0.717, 1.165) is 0 Å². The molecule has 0 fully saturated rings. The topological polar surface area (TPSA) is 0 Å². The minimum absolute atomic E-state index is 0. The van der Waals surface area contributed by atoms with Crippen LogP contribution in [0, 0.1) is 0 Å². The van der Waals surface area contributed by atoms with Gasteiger partial charge < -0.3 is 24.8 Å². The Labute approximate surface area is 176 Å². The zero-order valence-corrected chi connectivity index (χ0v) is 17.8. The van der Waals surface area contributed by atoms with Gasteiger partial charge in [-0.3, -0.25) is 0 Å². The summed E-state index contributed by atoms with van der Waals surface area (Å²) in [6.07, 6.45) is 6.76. The Hall–Kier alpha value is -1.14. The van der Waals surface area contributed by atoms with Gasteiger partial charge in [0.25, 0.3) is 0 Å². The molecule has 0 bridgehead atoms. The monoisotopic (exact) mass is 441 g/mol. The Bertz CT molecular complexity index is 952. The average molecular weight is 444 g/mol. The molecule has 0 aliphatic heterocycles. The summed E-state index contributed by atoms with van der Waals surface area (Å²) in [6, 6.07) is 21.6. The summed E-state index contributed by atoms with van der Waals surface area (Å²) >= 11 is 1.59. The molecule has 2 aliphatic carbocycles. The summed E-state index contributed by atoms with van der Waals surface area (Å²) in [5, 5.41) is 2.77. The molecule has 5 rings (SSSR count). The van der Waals surface area contributed by atoms with Gasteiger partial charge in [0.2, 0.25) is 0 Å². The van der Waals surface area contributed by atoms with Crippen molar-refractivity contribution in [2.45, 2.75) is 10.5 Å². The molecule has 1 atom stereocenters. The van der Waals surface area contributed by atoms with Gasteiger partial charge in [0, 0.05) is 0 Å². The number of halogens is 2. The molecule has 1 unspecified atom stereocenters. The number of rotatable bonds is 0. The van der Waals surface area contributed by atoms with E-state index in [4.69, 9.17) is 0 Å². The molecule has 0 heterocycles. The maximum absolute atomic E-state index is 2.28. The van der Waals surface area contributed by atoms with Crippen molar-refractivity contribution in [2.75, 3.05) is 0 Å². The molecule has 3 heteroatoms. The molecule has 0 spiro atoms. The standard InChI is InChI=1S/C13H10.C9H7.2ClH.Zr/c1-9-8-11-6-2-4-10-5-3-7-12(9)13(10)11;1-2-5-9-7-3-6-8(9)4-1;;;/h2-8H,1H3;1-7H;2*1H;/q;;;;+2/p-2. The van der Waals surface area contributed by atoms with Crippen LogP contribution in [0.1, 0.15) is 32.8 Å². The third-order valence-electron chi connectivity index (χ3n) is 4.53. The second-order valence-corrected chi connectivity index (χ2v) is 7.57. The summed E-state index contributed by atoms with van der Waals surface area (Å²) in [4.78, 5) is 0. The van der Waals surface area contributed by atoms with Gasteiger partial charge in [-0.1, -0.05) is 42.5 Å². The van der Waals surface area contributed by atoms with Gasteiger partial charge >= 0.3 is 75.9 Å². The molecule has 123 valence electrons. The normalized spacial score (nSPS) is 15.5. The second kappa shape index (κ2) is 8.50. The SMILES string of the molecule is CC1=Cc2cccc3cccc1c23.[Cl-].[Cl-].[Zr+2][CH]1C=Cc2ccccc21. The number of fused-ring (bicyclic) bond motifs is 1. The van der Waals surface area contributed by atoms with E-state index in [2.05, 4.69) is 85.8 Å². The van der Waals surface area contributed by atoms with Gasteiger partial charge in [-0.25, -0.2) is 0 Å². The van der Waals surface area contributed by atoms with E-state index in [9.17, 15) is 0 Å². The molecule has 0 aromatic heterocycles. The van der Waals surface area contributed by atoms with Crippen LogP contribution in [-0.4, -0.2) is 0 Å². The van der Waals surface area contributed by atoms with E-state index < -0.39 is 0 Å². The van der Waals surface area contributed by atoms with Crippen LogP contribution < -0.4 is 24.8 Å². The molecular weight excluding hydrogens is 426 g/mol. The number of allylic oxidation sites excluding steroid dienone is 2. The second-order valence-electron chi connectivity index (χ2n) is 6.04. The maximum atomic E-state index is 2.28. The van der Waals surface area contributed by atoms with Crippen LogP contribution in [0.5, 0.6) is 0 Å². The third kappa shape index (κ3) is 3.85. The zero-order chi connectivity index (χ0) is 15.8. The van der Waals surface area contributed by atoms with Crippen molar-refractivity contribution in [2.24, 2.45) is 0 Å². The van der Waals surface area contributed by atoms with Crippen molar-refractivity contribution >= 4 is 28.5 Å². The van der Waals surface area contributed by atoms with E-state index in [0.29, 0.717) is 3.63 Å². The predicted molar refractivity (Wildman–Crippen MR) is 95.7 cm³/mol. The van der Waals surface area contributed by atoms with E-state index in [1.807, 2.05) is 0 Å². The molecule has 0 radical (unpaired) electrons. The van der Waals surface area contributed by atoms with Crippen molar-refractivity contribution in [3.63, 3.8) is 0 Å². The summed E-state index contributed by atoms with van der Waals surface area (Å²) < 4.78 is 0.711. The summed E-state index contributed by atoms with van der Waals surface area (Å²) in [7, 11) is 0. The molecule has 0 nitrogen and oxygen atoms in total. The van der Waals surface area contributed by atoms with Crippen LogP contribution in [0.25, 0.3) is 28.5 Å². The van der Waals surface area contributed by atoms with Gasteiger partial charge in [0.15, 0.2) is 0 Å². The molecule has 25 heavy (non-hydrogen) atoms. The van der Waals surface area contributed by atoms with Crippen LogP contribution in [0.2, 0.25) is 0 Å². The Morgan fingerprint density at radius 3 is 2.24 bits per heavy atom. The molecule has 0 amide bonds. The molecule has 0 saturated carbocycles. The number of benzene rings is 3. The first-order chi connectivity index (χ1) is 11.2. The van der Waals surface area contributed by atoms with E-state index in [-0.39, 0.29) is 24.8 Å². The van der Waals surface area contributed by atoms with E-state index in [1.165, 1.54) is 38.6 Å². The first-order valence-corrected chi connectivity index (χ1v) is 9.34. The quantitative estimate of drug-likeness (QED) is 0.460. The summed E-state index contributed by atoms with van der Waals surface area (Å²) in [5.41, 5.74) is 7.05. The van der Waals surface area contributed by atoms with Crippen molar-refractivity contribution in [3.8, 4) is 0 Å². The Morgan fingerprint density at radius 1 is 0.800 bits per heavy atom. The zero-order valence-electron chi connectivity index (χ0n) is 13.8. The molecule has 2 aliphatic rings. The van der Waals surface area contributed by atoms with Crippen LogP contribution in [0.3, 0.4) is 0 Å². The Balaban J connectivity index is 0.000000172. The van der Waals surface area contributed by atoms with Crippen molar-refractivity contribution in [1.82, 2.24) is 0 Å². The fraction of sp³-hybridized carbons (Fsp3) is 0.0909. The minimum atomic E-state index is 0. The van der Waals surface area contributed by atoms with Gasteiger partial charge in [-0.05, 0) is 34.4 Å². The van der Waals surface area contributed by atoms with Crippen LogP contribution in [0.4, 0.5) is 0 Å². The third-order valence-corrected chi connectivity index (χ3v) is 5.77. The molecule has 0 saturated heterocycles. The Kier molecular flexibility index (Phi) is 6.86. The van der Waals surface area contributed by atoms with E-state index >= 15 is 0 Å². The molecular formula is C22H17Cl2Zr. The number of hydrogen-bond donors (Lipinski definition) is 0.